The summed E-state index contributed by atoms with van der Waals surface area (Å²) in [7, 11) is 1.80. The predicted octanol–water partition coefficient (Wildman–Crippen LogP) is 2.90. The molecule has 0 radical (unpaired) electrons. The fourth-order valence-electron chi connectivity index (χ4n) is 3.30. The maximum Gasteiger partial charge on any atom is 0.0589 e. The average Bonchev–Trinajstić information content (AvgIpc) is 2.67. The zero-order valence-corrected chi connectivity index (χ0v) is 13.3. The average molecular weight is 270 g/mol. The van der Waals surface area contributed by atoms with Gasteiger partial charge < -0.3 is 15.0 Å². The van der Waals surface area contributed by atoms with Crippen LogP contribution in [0.2, 0.25) is 0 Å². The Bertz CT molecular complexity index is 213. The lowest BCUT2D eigenvalue weighted by molar-refractivity contribution is 0.0975. The number of likely N-dealkylation sites (N-methyl/N-ethyl adjacent to an activating group) is 1. The molecule has 1 aliphatic carbocycles. The van der Waals surface area contributed by atoms with Gasteiger partial charge in [-0.2, -0.15) is 0 Å². The number of rotatable bonds is 9. The summed E-state index contributed by atoms with van der Waals surface area (Å²) in [6.07, 6.45) is 8.46. The molecule has 0 aromatic heterocycles. The maximum atomic E-state index is 5.24. The SMILES string of the molecule is CCNCC1(CN(CC)CCOC)CCCCCC1. The molecule has 0 bridgehead atoms. The third-order valence-corrected chi connectivity index (χ3v) is 4.53. The molecule has 0 aromatic rings. The molecule has 3 nitrogen and oxygen atoms in total. The van der Waals surface area contributed by atoms with E-state index in [9.17, 15) is 0 Å². The minimum atomic E-state index is 0.496. The number of hydrogen-bond acceptors (Lipinski definition) is 3. The van der Waals surface area contributed by atoms with Crippen molar-refractivity contribution in [1.82, 2.24) is 10.2 Å². The predicted molar refractivity (Wildman–Crippen MR) is 82.7 cm³/mol. The van der Waals surface area contributed by atoms with Gasteiger partial charge in [0.2, 0.25) is 0 Å². The second-order valence-corrected chi connectivity index (χ2v) is 6.06. The van der Waals surface area contributed by atoms with Crippen molar-refractivity contribution >= 4 is 0 Å². The lowest BCUT2D eigenvalue weighted by atomic mass is 9.79. The first kappa shape index (κ1) is 16.9. The molecule has 0 spiro atoms. The Balaban J connectivity index is 2.59. The zero-order chi connectivity index (χ0) is 14.0. The zero-order valence-electron chi connectivity index (χ0n) is 13.3. The molecule has 0 aromatic carbocycles. The number of nitrogens with zero attached hydrogens (tertiary/aromatic N) is 1. The highest BCUT2D eigenvalue weighted by molar-refractivity contribution is 4.86. The third kappa shape index (κ3) is 6.24. The van der Waals surface area contributed by atoms with Crippen molar-refractivity contribution in [3.8, 4) is 0 Å². The molecule has 0 aliphatic heterocycles. The van der Waals surface area contributed by atoms with Crippen LogP contribution >= 0.6 is 0 Å². The van der Waals surface area contributed by atoms with E-state index in [0.717, 1.165) is 26.2 Å². The minimum absolute atomic E-state index is 0.496. The molecule has 114 valence electrons. The molecule has 1 fully saturated rings. The lowest BCUT2D eigenvalue weighted by Crippen LogP contribution is -2.45. The van der Waals surface area contributed by atoms with Crippen molar-refractivity contribution in [2.45, 2.75) is 52.4 Å². The standard InChI is InChI=1S/C16H34N2O/c1-4-17-14-16(10-8-6-7-9-11-16)15-18(5-2)12-13-19-3/h17H,4-15H2,1-3H3. The van der Waals surface area contributed by atoms with Gasteiger partial charge in [0.25, 0.3) is 0 Å². The second-order valence-electron chi connectivity index (χ2n) is 6.06. The van der Waals surface area contributed by atoms with Crippen molar-refractivity contribution in [2.24, 2.45) is 5.41 Å². The summed E-state index contributed by atoms with van der Waals surface area (Å²) in [4.78, 5) is 2.58. The Morgan fingerprint density at radius 2 is 1.79 bits per heavy atom. The summed E-state index contributed by atoms with van der Waals surface area (Å²) in [6, 6.07) is 0. The van der Waals surface area contributed by atoms with Gasteiger partial charge in [-0.3, -0.25) is 0 Å². The normalized spacial score (nSPS) is 19.6. The van der Waals surface area contributed by atoms with E-state index in [1.54, 1.807) is 7.11 Å². The third-order valence-electron chi connectivity index (χ3n) is 4.53. The fraction of sp³-hybridized carbons (Fsp3) is 1.00. The Kier molecular flexibility index (Phi) is 8.67. The van der Waals surface area contributed by atoms with E-state index < -0.39 is 0 Å². The van der Waals surface area contributed by atoms with Gasteiger partial charge in [0.05, 0.1) is 6.61 Å². The first-order chi connectivity index (χ1) is 9.26. The maximum absolute atomic E-state index is 5.24. The highest BCUT2D eigenvalue weighted by Gasteiger charge is 2.32. The van der Waals surface area contributed by atoms with E-state index in [2.05, 4.69) is 24.1 Å². The molecule has 1 N–H and O–H groups in total. The smallest absolute Gasteiger partial charge is 0.0589 e. The molecule has 0 amide bonds. The summed E-state index contributed by atoms with van der Waals surface area (Å²) < 4.78 is 5.24. The van der Waals surface area contributed by atoms with Crippen LogP contribution in [0, 0.1) is 5.41 Å². The Morgan fingerprint density at radius 1 is 1.11 bits per heavy atom. The highest BCUT2D eigenvalue weighted by Crippen LogP contribution is 2.35. The van der Waals surface area contributed by atoms with Gasteiger partial charge in [0, 0.05) is 26.7 Å². The van der Waals surface area contributed by atoms with Crippen LogP contribution in [0.15, 0.2) is 0 Å². The molecule has 0 heterocycles. The van der Waals surface area contributed by atoms with Crippen LogP contribution in [-0.2, 0) is 4.74 Å². The van der Waals surface area contributed by atoms with Crippen LogP contribution < -0.4 is 5.32 Å². The molecule has 1 rings (SSSR count). The highest BCUT2D eigenvalue weighted by atomic mass is 16.5. The molecular weight excluding hydrogens is 236 g/mol. The van der Waals surface area contributed by atoms with Crippen LogP contribution in [0.25, 0.3) is 0 Å². The number of nitrogens with one attached hydrogen (secondary N) is 1. The molecule has 1 aliphatic rings. The number of methoxy groups -OCH3 is 1. The van der Waals surface area contributed by atoms with Gasteiger partial charge in [0.15, 0.2) is 0 Å². The Hall–Kier alpha value is -0.120. The van der Waals surface area contributed by atoms with Crippen molar-refractivity contribution < 1.29 is 4.74 Å². The van der Waals surface area contributed by atoms with Gasteiger partial charge in [-0.15, -0.1) is 0 Å². The van der Waals surface area contributed by atoms with Gasteiger partial charge in [0.1, 0.15) is 0 Å². The van der Waals surface area contributed by atoms with Crippen LogP contribution in [-0.4, -0.2) is 51.3 Å². The summed E-state index contributed by atoms with van der Waals surface area (Å²) in [5.41, 5.74) is 0.496. The van der Waals surface area contributed by atoms with Crippen LogP contribution in [0.4, 0.5) is 0 Å². The Morgan fingerprint density at radius 3 is 2.32 bits per heavy atom. The van der Waals surface area contributed by atoms with Gasteiger partial charge in [-0.25, -0.2) is 0 Å². The van der Waals surface area contributed by atoms with Crippen LogP contribution in [0.5, 0.6) is 0 Å². The van der Waals surface area contributed by atoms with Crippen LogP contribution in [0.3, 0.4) is 0 Å². The van der Waals surface area contributed by atoms with Gasteiger partial charge in [-0.05, 0) is 31.3 Å². The Labute approximate surface area is 120 Å². The summed E-state index contributed by atoms with van der Waals surface area (Å²) in [5.74, 6) is 0. The van der Waals surface area contributed by atoms with E-state index >= 15 is 0 Å². The lowest BCUT2D eigenvalue weighted by Gasteiger charge is -2.38. The number of ether oxygens (including phenoxy) is 1. The first-order valence-corrected chi connectivity index (χ1v) is 8.18. The molecule has 19 heavy (non-hydrogen) atoms. The van der Waals surface area contributed by atoms with Gasteiger partial charge in [-0.1, -0.05) is 39.5 Å². The van der Waals surface area contributed by atoms with Crippen molar-refractivity contribution in [3.05, 3.63) is 0 Å². The molecular formula is C16H34N2O. The fourth-order valence-corrected chi connectivity index (χ4v) is 3.30. The first-order valence-electron chi connectivity index (χ1n) is 8.18. The topological polar surface area (TPSA) is 24.5 Å². The van der Waals surface area contributed by atoms with Gasteiger partial charge >= 0.3 is 0 Å². The van der Waals surface area contributed by atoms with E-state index in [4.69, 9.17) is 4.74 Å². The summed E-state index contributed by atoms with van der Waals surface area (Å²) >= 11 is 0. The van der Waals surface area contributed by atoms with E-state index in [0.29, 0.717) is 5.41 Å². The largest absolute Gasteiger partial charge is 0.383 e. The molecule has 0 atom stereocenters. The van der Waals surface area contributed by atoms with Crippen molar-refractivity contribution in [2.75, 3.05) is 46.4 Å². The van der Waals surface area contributed by atoms with E-state index in [-0.39, 0.29) is 0 Å². The summed E-state index contributed by atoms with van der Waals surface area (Å²) in [6.45, 7) is 11.1. The second kappa shape index (κ2) is 9.73. The quantitative estimate of drug-likeness (QED) is 0.652. The number of hydrogen-bond donors (Lipinski definition) is 1. The van der Waals surface area contributed by atoms with Crippen LogP contribution in [0.1, 0.15) is 52.4 Å². The van der Waals surface area contributed by atoms with Crippen molar-refractivity contribution in [1.29, 1.82) is 0 Å². The van der Waals surface area contributed by atoms with E-state index in [1.807, 2.05) is 0 Å². The van der Waals surface area contributed by atoms with E-state index in [1.165, 1.54) is 51.6 Å². The monoisotopic (exact) mass is 270 g/mol. The molecule has 0 unspecified atom stereocenters. The molecule has 0 saturated heterocycles. The minimum Gasteiger partial charge on any atom is -0.383 e. The summed E-state index contributed by atoms with van der Waals surface area (Å²) in [5, 5.41) is 3.61. The van der Waals surface area contributed by atoms with Crippen molar-refractivity contribution in [3.63, 3.8) is 0 Å². The molecule has 1 saturated carbocycles. The molecule has 3 heteroatoms.